The molecule has 76 valence electrons. The van der Waals surface area contributed by atoms with Crippen molar-refractivity contribution in [3.63, 3.8) is 0 Å². The Balaban J connectivity index is 2.30. The molecule has 1 heterocycles. The van der Waals surface area contributed by atoms with Crippen LogP contribution in [-0.4, -0.2) is 0 Å². The van der Waals surface area contributed by atoms with Crippen LogP contribution in [0.15, 0.2) is 24.3 Å². The van der Waals surface area contributed by atoms with Crippen molar-refractivity contribution in [2.45, 2.75) is 20.3 Å². The number of hydrogen-bond acceptors (Lipinski definition) is 1. The SMILES string of the molecule is Cc1ccc2c3c(sc2c1)C=CC(C)C3. The van der Waals surface area contributed by atoms with E-state index in [0.29, 0.717) is 5.92 Å². The van der Waals surface area contributed by atoms with Gasteiger partial charge < -0.3 is 0 Å². The number of rotatable bonds is 0. The lowest BCUT2D eigenvalue weighted by Crippen LogP contribution is -2.00. The van der Waals surface area contributed by atoms with Crippen molar-refractivity contribution in [3.05, 3.63) is 40.3 Å². The monoisotopic (exact) mass is 214 g/mol. The summed E-state index contributed by atoms with van der Waals surface area (Å²) in [5.41, 5.74) is 2.92. The summed E-state index contributed by atoms with van der Waals surface area (Å²) in [5, 5.41) is 1.47. The molecule has 3 rings (SSSR count). The minimum atomic E-state index is 0.691. The third kappa shape index (κ3) is 1.42. The Kier molecular flexibility index (Phi) is 1.96. The molecule has 1 aromatic carbocycles. The van der Waals surface area contributed by atoms with Crippen LogP contribution in [0.5, 0.6) is 0 Å². The molecule has 1 aliphatic rings. The lowest BCUT2D eigenvalue weighted by molar-refractivity contribution is 0.724. The Morgan fingerprint density at radius 3 is 3.07 bits per heavy atom. The molecule has 1 heteroatoms. The molecule has 15 heavy (non-hydrogen) atoms. The molecule has 1 aliphatic carbocycles. The molecule has 1 aromatic heterocycles. The molecule has 0 bridgehead atoms. The quantitative estimate of drug-likeness (QED) is 0.609. The zero-order valence-electron chi connectivity index (χ0n) is 9.08. The van der Waals surface area contributed by atoms with Crippen molar-refractivity contribution in [1.82, 2.24) is 0 Å². The first kappa shape index (κ1) is 9.17. The fraction of sp³-hybridized carbons (Fsp3) is 0.286. The first-order chi connectivity index (χ1) is 7.24. The summed E-state index contributed by atoms with van der Waals surface area (Å²) in [6.07, 6.45) is 5.82. The molecule has 0 spiro atoms. The highest BCUT2D eigenvalue weighted by Gasteiger charge is 2.15. The third-order valence-corrected chi connectivity index (χ3v) is 4.24. The molecule has 0 saturated heterocycles. The summed E-state index contributed by atoms with van der Waals surface area (Å²) in [6, 6.07) is 6.81. The summed E-state index contributed by atoms with van der Waals surface area (Å²) < 4.78 is 1.44. The van der Waals surface area contributed by atoms with Gasteiger partial charge in [0.2, 0.25) is 0 Å². The van der Waals surface area contributed by atoms with Crippen LogP contribution in [0.3, 0.4) is 0 Å². The van der Waals surface area contributed by atoms with Gasteiger partial charge in [0, 0.05) is 9.58 Å². The summed E-state index contributed by atoms with van der Waals surface area (Å²) in [5.74, 6) is 0.691. The van der Waals surface area contributed by atoms with Crippen molar-refractivity contribution >= 4 is 27.5 Å². The predicted octanol–water partition coefficient (Wildman–Crippen LogP) is 4.42. The zero-order chi connectivity index (χ0) is 10.4. The highest BCUT2D eigenvalue weighted by molar-refractivity contribution is 7.20. The van der Waals surface area contributed by atoms with Crippen LogP contribution < -0.4 is 0 Å². The molecular formula is C14H14S. The maximum Gasteiger partial charge on any atom is 0.0354 e. The molecule has 0 radical (unpaired) electrons. The summed E-state index contributed by atoms with van der Waals surface area (Å²) in [4.78, 5) is 1.47. The van der Waals surface area contributed by atoms with Gasteiger partial charge in [0.25, 0.3) is 0 Å². The number of allylic oxidation sites excluding steroid dienone is 1. The molecule has 1 atom stereocenters. The molecule has 2 aromatic rings. The van der Waals surface area contributed by atoms with Gasteiger partial charge in [-0.3, -0.25) is 0 Å². The Morgan fingerprint density at radius 2 is 2.20 bits per heavy atom. The second-order valence-electron chi connectivity index (χ2n) is 4.49. The maximum absolute atomic E-state index is 2.32. The normalized spacial score (nSPS) is 19.5. The minimum Gasteiger partial charge on any atom is -0.136 e. The minimum absolute atomic E-state index is 0.691. The molecule has 0 amide bonds. The second kappa shape index (κ2) is 3.21. The first-order valence-electron chi connectivity index (χ1n) is 5.44. The smallest absolute Gasteiger partial charge is 0.0354 e. The van der Waals surface area contributed by atoms with Crippen LogP contribution in [0.4, 0.5) is 0 Å². The number of benzene rings is 1. The van der Waals surface area contributed by atoms with Crippen LogP contribution in [0.25, 0.3) is 16.2 Å². The van der Waals surface area contributed by atoms with Gasteiger partial charge >= 0.3 is 0 Å². The van der Waals surface area contributed by atoms with E-state index in [2.05, 4.69) is 44.2 Å². The van der Waals surface area contributed by atoms with Gasteiger partial charge in [-0.25, -0.2) is 0 Å². The Hall–Kier alpha value is -1.08. The third-order valence-electron chi connectivity index (χ3n) is 3.08. The Bertz CT molecular complexity index is 546. The molecule has 0 saturated carbocycles. The Morgan fingerprint density at radius 1 is 1.33 bits per heavy atom. The van der Waals surface area contributed by atoms with Crippen molar-refractivity contribution < 1.29 is 0 Å². The van der Waals surface area contributed by atoms with Crippen LogP contribution in [-0.2, 0) is 6.42 Å². The van der Waals surface area contributed by atoms with E-state index in [1.807, 2.05) is 11.3 Å². The predicted molar refractivity (Wildman–Crippen MR) is 68.5 cm³/mol. The van der Waals surface area contributed by atoms with Crippen molar-refractivity contribution in [3.8, 4) is 0 Å². The van der Waals surface area contributed by atoms with E-state index in [1.165, 1.54) is 26.9 Å². The summed E-state index contributed by atoms with van der Waals surface area (Å²) in [7, 11) is 0. The lowest BCUT2D eigenvalue weighted by atomic mass is 9.93. The van der Waals surface area contributed by atoms with Gasteiger partial charge in [0.05, 0.1) is 0 Å². The van der Waals surface area contributed by atoms with E-state index >= 15 is 0 Å². The van der Waals surface area contributed by atoms with E-state index in [1.54, 1.807) is 5.56 Å². The molecule has 0 nitrogen and oxygen atoms in total. The highest BCUT2D eigenvalue weighted by atomic mass is 32.1. The van der Waals surface area contributed by atoms with Crippen LogP contribution >= 0.6 is 11.3 Å². The van der Waals surface area contributed by atoms with E-state index in [0.717, 1.165) is 0 Å². The van der Waals surface area contributed by atoms with E-state index in [9.17, 15) is 0 Å². The van der Waals surface area contributed by atoms with Gasteiger partial charge in [-0.2, -0.15) is 0 Å². The number of fused-ring (bicyclic) bond motifs is 3. The lowest BCUT2D eigenvalue weighted by Gasteiger charge is -2.11. The van der Waals surface area contributed by atoms with Crippen LogP contribution in [0.1, 0.15) is 22.9 Å². The number of thiophene rings is 1. The van der Waals surface area contributed by atoms with Crippen LogP contribution in [0, 0.1) is 12.8 Å². The van der Waals surface area contributed by atoms with E-state index in [4.69, 9.17) is 0 Å². The van der Waals surface area contributed by atoms with Gasteiger partial charge in [-0.1, -0.05) is 25.1 Å². The van der Waals surface area contributed by atoms with E-state index in [-0.39, 0.29) is 0 Å². The fourth-order valence-corrected chi connectivity index (χ4v) is 3.51. The van der Waals surface area contributed by atoms with E-state index < -0.39 is 0 Å². The average molecular weight is 214 g/mol. The standard InChI is InChI=1S/C14H14S/c1-9-4-6-13-12(7-9)11-5-3-10(2)8-14(11)15-13/h3-6,8-9H,7H2,1-2H3. The number of hydrogen-bond donors (Lipinski definition) is 0. The molecule has 0 fully saturated rings. The molecule has 0 N–H and O–H groups in total. The van der Waals surface area contributed by atoms with Gasteiger partial charge in [0.15, 0.2) is 0 Å². The van der Waals surface area contributed by atoms with Gasteiger partial charge in [-0.05, 0) is 47.9 Å². The topological polar surface area (TPSA) is 0 Å². The summed E-state index contributed by atoms with van der Waals surface area (Å²) in [6.45, 7) is 4.45. The molecular weight excluding hydrogens is 200 g/mol. The van der Waals surface area contributed by atoms with Crippen LogP contribution in [0.2, 0.25) is 0 Å². The molecule has 1 unspecified atom stereocenters. The fourth-order valence-electron chi connectivity index (χ4n) is 2.26. The zero-order valence-corrected chi connectivity index (χ0v) is 9.90. The Labute approximate surface area is 94.2 Å². The average Bonchev–Trinajstić information content (AvgIpc) is 2.54. The van der Waals surface area contributed by atoms with Crippen molar-refractivity contribution in [1.29, 1.82) is 0 Å². The maximum atomic E-state index is 2.32. The number of aryl methyl sites for hydroxylation is 1. The van der Waals surface area contributed by atoms with Gasteiger partial charge in [0.1, 0.15) is 0 Å². The second-order valence-corrected chi connectivity index (χ2v) is 5.57. The first-order valence-corrected chi connectivity index (χ1v) is 6.26. The van der Waals surface area contributed by atoms with Crippen molar-refractivity contribution in [2.75, 3.05) is 0 Å². The van der Waals surface area contributed by atoms with Gasteiger partial charge in [-0.15, -0.1) is 11.3 Å². The molecule has 0 aliphatic heterocycles. The largest absolute Gasteiger partial charge is 0.136 e. The van der Waals surface area contributed by atoms with Crippen molar-refractivity contribution in [2.24, 2.45) is 5.92 Å². The highest BCUT2D eigenvalue weighted by Crippen LogP contribution is 2.37. The summed E-state index contributed by atoms with van der Waals surface area (Å²) >= 11 is 1.93.